The molecule has 0 aromatic rings. The molecule has 0 saturated carbocycles. The first-order chi connectivity index (χ1) is 4.12. The van der Waals surface area contributed by atoms with Crippen LogP contribution in [0.5, 0.6) is 0 Å². The summed E-state index contributed by atoms with van der Waals surface area (Å²) in [6, 6.07) is 0. The summed E-state index contributed by atoms with van der Waals surface area (Å²) >= 11 is 0.116. The van der Waals surface area contributed by atoms with Crippen molar-refractivity contribution in [2.24, 2.45) is 0 Å². The Hall–Kier alpha value is 0.640. The summed E-state index contributed by atoms with van der Waals surface area (Å²) in [6.07, 6.45) is 0. The number of hydrogen-bond acceptors (Lipinski definition) is 2. The van der Waals surface area contributed by atoms with Crippen molar-refractivity contribution in [2.45, 2.75) is 0 Å². The van der Waals surface area contributed by atoms with Gasteiger partial charge in [-0.1, -0.05) is 0 Å². The molecule has 0 spiro atoms. The van der Waals surface area contributed by atoms with E-state index in [9.17, 15) is 8.42 Å². The zero-order valence-corrected chi connectivity index (χ0v) is 8.49. The summed E-state index contributed by atoms with van der Waals surface area (Å²) in [6.45, 7) is 0. The van der Waals surface area contributed by atoms with Crippen molar-refractivity contribution >= 4 is 10.0 Å². The summed E-state index contributed by atoms with van der Waals surface area (Å²) in [5, 5.41) is 0. The monoisotopic (exact) mass is 264 g/mol. The van der Waals surface area contributed by atoms with Gasteiger partial charge in [0.2, 0.25) is 0 Å². The van der Waals surface area contributed by atoms with Crippen molar-refractivity contribution in [2.75, 3.05) is 22.2 Å². The molecule has 0 amide bonds. The van der Waals surface area contributed by atoms with Gasteiger partial charge in [0.15, 0.2) is 0 Å². The van der Waals surface area contributed by atoms with Gasteiger partial charge < -0.3 is 0 Å². The fraction of sp³-hybridized carbons (Fsp3) is 1.00. The van der Waals surface area contributed by atoms with E-state index in [-0.39, 0.29) is 21.2 Å². The molecule has 0 radical (unpaired) electrons. The number of hydrogen-bond donors (Lipinski definition) is 1. The summed E-state index contributed by atoms with van der Waals surface area (Å²) in [7, 11) is -1.46. The fourth-order valence-electron chi connectivity index (χ4n) is 0.281. The van der Waals surface area contributed by atoms with Crippen LogP contribution in [0.25, 0.3) is 0 Å². The molecule has 0 aliphatic carbocycles. The van der Waals surface area contributed by atoms with Crippen LogP contribution in [0.2, 0.25) is 0 Å². The Labute approximate surface area is 66.5 Å². The van der Waals surface area contributed by atoms with Crippen LogP contribution in [0.1, 0.15) is 0 Å². The third kappa shape index (κ3) is 5.10. The molecule has 0 saturated heterocycles. The van der Waals surface area contributed by atoms with Crippen molar-refractivity contribution in [3.8, 4) is 0 Å². The molecule has 0 fully saturated rings. The molecule has 3 nitrogen and oxygen atoms in total. The molecular formula is C4H11INO2S-. The molecule has 0 rings (SSSR count). The molecule has 58 valence electrons. The number of rotatable bonds is 4. The molecule has 0 aromatic carbocycles. The van der Waals surface area contributed by atoms with Crippen LogP contribution in [-0.4, -0.2) is 30.6 Å². The van der Waals surface area contributed by atoms with Crippen LogP contribution in [0.3, 0.4) is 0 Å². The van der Waals surface area contributed by atoms with Crippen LogP contribution in [0.15, 0.2) is 0 Å². The molecule has 0 aliphatic heterocycles. The van der Waals surface area contributed by atoms with Gasteiger partial charge in [-0.05, 0) is 0 Å². The van der Waals surface area contributed by atoms with Crippen molar-refractivity contribution in [1.82, 2.24) is 4.72 Å². The summed E-state index contributed by atoms with van der Waals surface area (Å²) in [4.78, 5) is 2.07. The Morgan fingerprint density at radius 2 is 2.11 bits per heavy atom. The van der Waals surface area contributed by atoms with Gasteiger partial charge in [0.05, 0.1) is 0 Å². The zero-order chi connectivity index (χ0) is 7.33. The summed E-state index contributed by atoms with van der Waals surface area (Å²) in [5.74, 6) is 0.299. The molecular weight excluding hydrogens is 253 g/mol. The SMILES string of the molecule is CNS(=O)(=O)CC[I-]C. The van der Waals surface area contributed by atoms with E-state index in [2.05, 4.69) is 9.65 Å². The standard InChI is InChI=1S/C4H11INO2S/c1-5-3-4-9(7,8)6-2/h6H,3-4H2,1-2H3/q-1. The second-order valence-electron chi connectivity index (χ2n) is 1.48. The first kappa shape index (κ1) is 9.64. The van der Waals surface area contributed by atoms with Gasteiger partial charge in [-0.2, -0.15) is 0 Å². The van der Waals surface area contributed by atoms with E-state index >= 15 is 0 Å². The van der Waals surface area contributed by atoms with E-state index in [1.807, 2.05) is 0 Å². The molecule has 5 heteroatoms. The maximum absolute atomic E-state index is 10.7. The molecule has 0 atom stereocenters. The van der Waals surface area contributed by atoms with Gasteiger partial charge in [0.1, 0.15) is 0 Å². The Morgan fingerprint density at radius 1 is 1.56 bits per heavy atom. The number of nitrogens with one attached hydrogen (secondary N) is 1. The Kier molecular flexibility index (Phi) is 4.77. The Morgan fingerprint density at radius 3 is 2.44 bits per heavy atom. The second kappa shape index (κ2) is 4.45. The average molecular weight is 264 g/mol. The van der Waals surface area contributed by atoms with Gasteiger partial charge in [0.25, 0.3) is 0 Å². The third-order valence-electron chi connectivity index (χ3n) is 0.846. The predicted octanol–water partition coefficient (Wildman–Crippen LogP) is -3.75. The molecule has 0 bridgehead atoms. The molecule has 0 unspecified atom stereocenters. The van der Waals surface area contributed by atoms with E-state index in [1.54, 1.807) is 0 Å². The molecule has 9 heavy (non-hydrogen) atoms. The molecule has 0 aromatic heterocycles. The van der Waals surface area contributed by atoms with Gasteiger partial charge in [-0.3, -0.25) is 0 Å². The van der Waals surface area contributed by atoms with Gasteiger partial charge in [-0.15, -0.1) is 0 Å². The quantitative estimate of drug-likeness (QED) is 0.419. The summed E-state index contributed by atoms with van der Waals surface area (Å²) < 4.78 is 24.4. The molecule has 1 N–H and O–H groups in total. The van der Waals surface area contributed by atoms with Crippen LogP contribution >= 0.6 is 0 Å². The Balaban J connectivity index is 3.61. The average Bonchev–Trinajstić information content (AvgIpc) is 1.84. The number of alkyl halides is 2. The molecule has 0 aliphatic rings. The maximum atomic E-state index is 10.7. The van der Waals surface area contributed by atoms with Crippen molar-refractivity contribution in [1.29, 1.82) is 0 Å². The van der Waals surface area contributed by atoms with Crippen molar-refractivity contribution in [3.05, 3.63) is 0 Å². The number of halogens is 1. The first-order valence-corrected chi connectivity index (χ1v) is 7.81. The van der Waals surface area contributed by atoms with Crippen LogP contribution < -0.4 is 25.9 Å². The van der Waals surface area contributed by atoms with E-state index in [0.717, 1.165) is 4.43 Å². The van der Waals surface area contributed by atoms with E-state index < -0.39 is 10.0 Å². The van der Waals surface area contributed by atoms with Crippen molar-refractivity contribution in [3.63, 3.8) is 0 Å². The van der Waals surface area contributed by atoms with E-state index in [4.69, 9.17) is 0 Å². The van der Waals surface area contributed by atoms with Gasteiger partial charge in [-0.25, -0.2) is 0 Å². The fourth-order valence-corrected chi connectivity index (χ4v) is 3.90. The van der Waals surface area contributed by atoms with Gasteiger partial charge >= 0.3 is 66.5 Å². The van der Waals surface area contributed by atoms with Crippen LogP contribution in [-0.2, 0) is 10.0 Å². The normalized spacial score (nSPS) is 12.2. The predicted molar refractivity (Wildman–Crippen MR) is 33.6 cm³/mol. The third-order valence-corrected chi connectivity index (χ3v) is 4.56. The van der Waals surface area contributed by atoms with Crippen LogP contribution in [0, 0.1) is 0 Å². The van der Waals surface area contributed by atoms with E-state index in [0.29, 0.717) is 5.75 Å². The summed E-state index contributed by atoms with van der Waals surface area (Å²) in [5.41, 5.74) is 0. The van der Waals surface area contributed by atoms with E-state index in [1.165, 1.54) is 7.05 Å². The first-order valence-electron chi connectivity index (χ1n) is 2.47. The minimum absolute atomic E-state index is 0.116. The Bertz CT molecular complexity index is 154. The number of sulfonamides is 1. The molecule has 0 heterocycles. The zero-order valence-electron chi connectivity index (χ0n) is 5.52. The van der Waals surface area contributed by atoms with Crippen LogP contribution in [0.4, 0.5) is 0 Å². The van der Waals surface area contributed by atoms with Crippen molar-refractivity contribution < 1.29 is 29.6 Å². The minimum atomic E-state index is -2.90. The second-order valence-corrected chi connectivity index (χ2v) is 6.13. The topological polar surface area (TPSA) is 46.2 Å². The van der Waals surface area contributed by atoms with Gasteiger partial charge in [0, 0.05) is 0 Å².